The monoisotopic (exact) mass is 623 g/mol. The summed E-state index contributed by atoms with van der Waals surface area (Å²) < 4.78 is 28.9. The standard InChI is InChI=1S/C29H32Cl3N3O4S/c1-5-26(29(37)33-19(2)3)34(17-23-24(31)12-9-13-25(23)32)28(36)18-35(27-16-21(30)15-14-20(27)4)40(38,39)22-10-7-6-8-11-22/h6-16,19,26H,5,17-18H2,1-4H3,(H,33,37)/t26-/m0/s1. The Morgan fingerprint density at radius 1 is 0.925 bits per heavy atom. The summed E-state index contributed by atoms with van der Waals surface area (Å²) in [4.78, 5) is 28.7. The van der Waals surface area contributed by atoms with Gasteiger partial charge < -0.3 is 10.2 Å². The lowest BCUT2D eigenvalue weighted by atomic mass is 10.1. The van der Waals surface area contributed by atoms with E-state index < -0.39 is 28.5 Å². The summed E-state index contributed by atoms with van der Waals surface area (Å²) in [6.07, 6.45) is 0.272. The Kier molecular flexibility index (Phi) is 10.9. The summed E-state index contributed by atoms with van der Waals surface area (Å²) in [5.74, 6) is -0.981. The van der Waals surface area contributed by atoms with E-state index in [9.17, 15) is 18.0 Å². The molecule has 3 aromatic carbocycles. The van der Waals surface area contributed by atoms with E-state index in [-0.39, 0.29) is 35.5 Å². The molecule has 0 aromatic heterocycles. The zero-order valence-electron chi connectivity index (χ0n) is 22.7. The van der Waals surface area contributed by atoms with Crippen molar-refractivity contribution in [2.75, 3.05) is 10.8 Å². The van der Waals surface area contributed by atoms with Gasteiger partial charge in [0.05, 0.1) is 10.6 Å². The highest BCUT2D eigenvalue weighted by molar-refractivity contribution is 7.92. The maximum atomic E-state index is 14.1. The maximum absolute atomic E-state index is 14.1. The first-order valence-corrected chi connectivity index (χ1v) is 15.3. The average molecular weight is 625 g/mol. The van der Waals surface area contributed by atoms with Crippen molar-refractivity contribution < 1.29 is 18.0 Å². The van der Waals surface area contributed by atoms with E-state index >= 15 is 0 Å². The van der Waals surface area contributed by atoms with Crippen molar-refractivity contribution >= 4 is 62.3 Å². The Morgan fingerprint density at radius 3 is 2.12 bits per heavy atom. The smallest absolute Gasteiger partial charge is 0.264 e. The van der Waals surface area contributed by atoms with Crippen LogP contribution in [0.4, 0.5) is 5.69 Å². The number of carbonyl (C=O) groups excluding carboxylic acids is 2. The molecule has 1 atom stereocenters. The quantitative estimate of drug-likeness (QED) is 0.265. The molecule has 0 aliphatic heterocycles. The first-order valence-electron chi connectivity index (χ1n) is 12.7. The van der Waals surface area contributed by atoms with Gasteiger partial charge in [0.2, 0.25) is 11.8 Å². The minimum atomic E-state index is -4.21. The van der Waals surface area contributed by atoms with Crippen LogP contribution in [0.3, 0.4) is 0 Å². The number of carbonyl (C=O) groups is 2. The van der Waals surface area contributed by atoms with Crippen molar-refractivity contribution in [1.82, 2.24) is 10.2 Å². The second kappa shape index (κ2) is 13.7. The summed E-state index contributed by atoms with van der Waals surface area (Å²) in [6.45, 7) is 6.45. The van der Waals surface area contributed by atoms with Crippen molar-refractivity contribution in [3.63, 3.8) is 0 Å². The molecule has 0 unspecified atom stereocenters. The van der Waals surface area contributed by atoms with E-state index in [0.717, 1.165) is 4.31 Å². The van der Waals surface area contributed by atoms with Crippen molar-refractivity contribution in [1.29, 1.82) is 0 Å². The molecular weight excluding hydrogens is 593 g/mol. The fourth-order valence-electron chi connectivity index (χ4n) is 4.24. The number of rotatable bonds is 11. The zero-order valence-corrected chi connectivity index (χ0v) is 25.8. The van der Waals surface area contributed by atoms with Crippen molar-refractivity contribution in [2.24, 2.45) is 0 Å². The lowest BCUT2D eigenvalue weighted by molar-refractivity contribution is -0.140. The Bertz CT molecular complexity index is 1450. The van der Waals surface area contributed by atoms with E-state index in [1.807, 2.05) is 13.8 Å². The molecule has 3 aromatic rings. The molecule has 0 bridgehead atoms. The highest BCUT2D eigenvalue weighted by atomic mass is 35.5. The van der Waals surface area contributed by atoms with Crippen LogP contribution in [0.15, 0.2) is 71.6 Å². The molecule has 0 aliphatic carbocycles. The molecule has 0 fully saturated rings. The predicted octanol–water partition coefficient (Wildman–Crippen LogP) is 6.48. The first kappa shape index (κ1) is 31.7. The van der Waals surface area contributed by atoms with Crippen molar-refractivity contribution in [3.05, 3.63) is 92.9 Å². The summed E-state index contributed by atoms with van der Waals surface area (Å²) >= 11 is 19.1. The molecule has 1 N–H and O–H groups in total. The van der Waals surface area contributed by atoms with Gasteiger partial charge >= 0.3 is 0 Å². The molecule has 0 saturated heterocycles. The lowest BCUT2D eigenvalue weighted by Crippen LogP contribution is -2.53. The van der Waals surface area contributed by atoms with Crippen LogP contribution >= 0.6 is 34.8 Å². The predicted molar refractivity (Wildman–Crippen MR) is 162 cm³/mol. The summed E-state index contributed by atoms with van der Waals surface area (Å²) in [5.41, 5.74) is 1.30. The molecular formula is C29H32Cl3N3O4S. The van der Waals surface area contributed by atoms with Gasteiger partial charge in [0.1, 0.15) is 12.6 Å². The number of nitrogens with zero attached hydrogens (tertiary/aromatic N) is 2. The number of hydrogen-bond acceptors (Lipinski definition) is 4. The second-order valence-corrected chi connectivity index (χ2v) is 12.7. The lowest BCUT2D eigenvalue weighted by Gasteiger charge is -2.34. The summed E-state index contributed by atoms with van der Waals surface area (Å²) in [6, 6.07) is 16.5. The Morgan fingerprint density at radius 2 is 1.55 bits per heavy atom. The second-order valence-electron chi connectivity index (χ2n) is 9.56. The number of benzene rings is 3. The molecule has 0 aliphatic rings. The van der Waals surface area contributed by atoms with Gasteiger partial charge in [-0.05, 0) is 69.2 Å². The minimum absolute atomic E-state index is 0.00691. The number of hydrogen-bond donors (Lipinski definition) is 1. The topological polar surface area (TPSA) is 86.8 Å². The van der Waals surface area contributed by atoms with Gasteiger partial charge in [0.25, 0.3) is 10.0 Å². The third-order valence-corrected chi connectivity index (χ3v) is 8.97. The SMILES string of the molecule is CC[C@@H](C(=O)NC(C)C)N(Cc1c(Cl)cccc1Cl)C(=O)CN(c1cc(Cl)ccc1C)S(=O)(=O)c1ccccc1. The zero-order chi connectivity index (χ0) is 29.6. The summed E-state index contributed by atoms with van der Waals surface area (Å²) in [7, 11) is -4.21. The van der Waals surface area contributed by atoms with Crippen LogP contribution in [0.5, 0.6) is 0 Å². The van der Waals surface area contributed by atoms with Crippen molar-refractivity contribution in [3.8, 4) is 0 Å². The van der Waals surface area contributed by atoms with E-state index in [2.05, 4.69) is 5.32 Å². The van der Waals surface area contributed by atoms with E-state index in [1.165, 1.54) is 23.1 Å². The molecule has 0 heterocycles. The number of amides is 2. The number of nitrogens with one attached hydrogen (secondary N) is 1. The van der Waals surface area contributed by atoms with E-state index in [1.54, 1.807) is 62.4 Å². The summed E-state index contributed by atoms with van der Waals surface area (Å²) in [5, 5.41) is 3.81. The van der Waals surface area contributed by atoms with Gasteiger partial charge in [-0.15, -0.1) is 0 Å². The molecule has 11 heteroatoms. The number of halogens is 3. The molecule has 214 valence electrons. The third kappa shape index (κ3) is 7.49. The highest BCUT2D eigenvalue weighted by Gasteiger charge is 2.35. The van der Waals surface area contributed by atoms with Crippen molar-refractivity contribution in [2.45, 2.75) is 57.6 Å². The number of anilines is 1. The van der Waals surface area contributed by atoms with Gasteiger partial charge in [-0.25, -0.2) is 8.42 Å². The molecule has 0 saturated carbocycles. The molecule has 3 rings (SSSR count). The van der Waals surface area contributed by atoms with Crippen LogP contribution in [0.25, 0.3) is 0 Å². The van der Waals surface area contributed by atoms with Gasteiger partial charge in [0, 0.05) is 33.2 Å². The fourth-order valence-corrected chi connectivity index (χ4v) is 6.41. The molecule has 2 amide bonds. The fraction of sp³-hybridized carbons (Fsp3) is 0.310. The molecule has 0 spiro atoms. The normalized spacial score (nSPS) is 12.2. The van der Waals surface area contributed by atoms with Crippen LogP contribution in [0, 0.1) is 6.92 Å². The molecule has 7 nitrogen and oxygen atoms in total. The Hall–Kier alpha value is -2.78. The van der Waals surface area contributed by atoms with Crippen LogP contribution < -0.4 is 9.62 Å². The number of sulfonamides is 1. The molecule has 40 heavy (non-hydrogen) atoms. The minimum Gasteiger partial charge on any atom is -0.352 e. The third-order valence-electron chi connectivity index (χ3n) is 6.26. The van der Waals surface area contributed by atoms with Crippen LogP contribution in [-0.2, 0) is 26.2 Å². The van der Waals surface area contributed by atoms with Gasteiger partial charge in [-0.3, -0.25) is 13.9 Å². The Labute approximate surface area is 251 Å². The first-order chi connectivity index (χ1) is 18.9. The largest absolute Gasteiger partial charge is 0.352 e. The Balaban J connectivity index is 2.14. The van der Waals surface area contributed by atoms with Gasteiger partial charge in [0.15, 0.2) is 0 Å². The highest BCUT2D eigenvalue weighted by Crippen LogP contribution is 2.31. The number of aryl methyl sites for hydroxylation is 1. The van der Waals surface area contributed by atoms with Crippen LogP contribution in [0.2, 0.25) is 15.1 Å². The average Bonchev–Trinajstić information content (AvgIpc) is 2.90. The van der Waals surface area contributed by atoms with Gasteiger partial charge in [-0.1, -0.05) is 72.1 Å². The van der Waals surface area contributed by atoms with E-state index in [0.29, 0.717) is 26.2 Å². The van der Waals surface area contributed by atoms with Crippen LogP contribution in [-0.4, -0.2) is 43.8 Å². The maximum Gasteiger partial charge on any atom is 0.264 e. The molecule has 0 radical (unpaired) electrons. The van der Waals surface area contributed by atoms with Gasteiger partial charge in [-0.2, -0.15) is 0 Å². The van der Waals surface area contributed by atoms with E-state index in [4.69, 9.17) is 34.8 Å². The van der Waals surface area contributed by atoms with Crippen LogP contribution in [0.1, 0.15) is 38.3 Å².